The Hall–Kier alpha value is -1.87. The number of hydrogen-bond acceptors (Lipinski definition) is 4. The summed E-state index contributed by atoms with van der Waals surface area (Å²) in [6.07, 6.45) is 1.41. The van der Waals surface area contributed by atoms with Gasteiger partial charge >= 0.3 is 0 Å². The van der Waals surface area contributed by atoms with E-state index < -0.39 is 15.9 Å². The normalized spacial score (nSPS) is 19.0. The zero-order valence-electron chi connectivity index (χ0n) is 13.6. The molecular weight excluding hydrogens is 364 g/mol. The minimum absolute atomic E-state index is 0.0535. The van der Waals surface area contributed by atoms with Gasteiger partial charge in [0.15, 0.2) is 0 Å². The predicted molar refractivity (Wildman–Crippen MR) is 94.9 cm³/mol. The molecule has 9 heteroatoms. The summed E-state index contributed by atoms with van der Waals surface area (Å²) in [5.74, 6) is -0.671. The van der Waals surface area contributed by atoms with Gasteiger partial charge in [-0.3, -0.25) is 4.79 Å². The molecule has 0 spiro atoms. The molecule has 1 atom stereocenters. The van der Waals surface area contributed by atoms with Crippen LogP contribution in [-0.2, 0) is 17.1 Å². The van der Waals surface area contributed by atoms with E-state index in [1.165, 1.54) is 21.1 Å². The minimum Gasteiger partial charge on any atom is -0.364 e. The first kappa shape index (κ1) is 17.9. The topological polar surface area (TPSA) is 97.4 Å². The molecule has 1 aliphatic rings. The molecule has 0 aliphatic carbocycles. The summed E-state index contributed by atoms with van der Waals surface area (Å²) in [6.45, 7) is 1.35. The van der Waals surface area contributed by atoms with E-state index in [2.05, 4.69) is 5.32 Å². The van der Waals surface area contributed by atoms with Crippen molar-refractivity contribution < 1.29 is 13.2 Å². The molecule has 0 saturated carbocycles. The van der Waals surface area contributed by atoms with Crippen LogP contribution in [0.25, 0.3) is 0 Å². The molecule has 0 bridgehead atoms. The third-order valence-corrected chi connectivity index (χ3v) is 6.38. The number of piperazine rings is 1. The maximum Gasteiger partial charge on any atom is 0.265 e. The van der Waals surface area contributed by atoms with Crippen LogP contribution in [0.4, 0.5) is 0 Å². The van der Waals surface area contributed by atoms with Gasteiger partial charge in [-0.1, -0.05) is 23.7 Å². The lowest BCUT2D eigenvalue weighted by Crippen LogP contribution is -2.48. The van der Waals surface area contributed by atoms with Crippen LogP contribution in [0.2, 0.25) is 5.02 Å². The number of nitrogens with zero attached hydrogens (tertiary/aromatic N) is 2. The average molecular weight is 383 g/mol. The molecule has 1 fully saturated rings. The van der Waals surface area contributed by atoms with Gasteiger partial charge in [0.1, 0.15) is 10.6 Å². The third kappa shape index (κ3) is 3.43. The summed E-state index contributed by atoms with van der Waals surface area (Å²) in [6, 6.07) is 8.10. The van der Waals surface area contributed by atoms with Crippen LogP contribution in [0, 0.1) is 0 Å². The Balaban J connectivity index is 2.02. The summed E-state index contributed by atoms with van der Waals surface area (Å²) in [5, 5.41) is 3.76. The van der Waals surface area contributed by atoms with Gasteiger partial charge in [0.2, 0.25) is 10.0 Å². The highest BCUT2D eigenvalue weighted by Crippen LogP contribution is 2.30. The van der Waals surface area contributed by atoms with Gasteiger partial charge in [-0.05, 0) is 23.8 Å². The van der Waals surface area contributed by atoms with Crippen molar-refractivity contribution in [2.45, 2.75) is 10.9 Å². The number of amides is 1. The highest BCUT2D eigenvalue weighted by Gasteiger charge is 2.35. The van der Waals surface area contributed by atoms with Crippen molar-refractivity contribution in [2.75, 3.05) is 19.6 Å². The summed E-state index contributed by atoms with van der Waals surface area (Å²) >= 11 is 6.06. The van der Waals surface area contributed by atoms with Gasteiger partial charge < -0.3 is 15.6 Å². The van der Waals surface area contributed by atoms with E-state index in [1.807, 2.05) is 6.07 Å². The SMILES string of the molecule is Cn1cc(S(=O)(=O)N2CCNCC2c2cccc(Cl)c2)cc1C(N)=O. The fourth-order valence-electron chi connectivity index (χ4n) is 3.03. The standard InChI is InChI=1S/C16H19ClN4O3S/c1-20-10-13(8-14(20)16(18)22)25(23,24)21-6-5-19-9-15(21)11-3-2-4-12(17)7-11/h2-4,7-8,10,15,19H,5-6,9H2,1H3,(H2,18,22). The summed E-state index contributed by atoms with van der Waals surface area (Å²) in [4.78, 5) is 11.5. The minimum atomic E-state index is -3.79. The van der Waals surface area contributed by atoms with Crippen molar-refractivity contribution in [1.29, 1.82) is 0 Å². The van der Waals surface area contributed by atoms with Crippen molar-refractivity contribution in [2.24, 2.45) is 12.8 Å². The number of hydrogen-bond donors (Lipinski definition) is 2. The molecule has 1 aromatic heterocycles. The molecule has 3 N–H and O–H groups in total. The Labute approximate surface area is 151 Å². The van der Waals surface area contributed by atoms with Crippen LogP contribution in [0.15, 0.2) is 41.4 Å². The fourth-order valence-corrected chi connectivity index (χ4v) is 4.91. The van der Waals surface area contributed by atoms with Gasteiger partial charge in [-0.15, -0.1) is 0 Å². The zero-order valence-corrected chi connectivity index (χ0v) is 15.2. The molecule has 134 valence electrons. The number of nitrogens with two attached hydrogens (primary N) is 1. The van der Waals surface area contributed by atoms with Gasteiger partial charge in [-0.2, -0.15) is 4.31 Å². The van der Waals surface area contributed by atoms with Crippen LogP contribution >= 0.6 is 11.6 Å². The Kier molecular flexibility index (Phi) is 4.88. The molecule has 1 saturated heterocycles. The van der Waals surface area contributed by atoms with Crippen LogP contribution in [0.5, 0.6) is 0 Å². The molecule has 0 radical (unpaired) electrons. The van der Waals surface area contributed by atoms with Crippen molar-refractivity contribution in [3.8, 4) is 0 Å². The number of primary amides is 1. The Morgan fingerprint density at radius 3 is 2.76 bits per heavy atom. The molecule has 7 nitrogen and oxygen atoms in total. The molecule has 1 amide bonds. The van der Waals surface area contributed by atoms with Gasteiger partial charge in [0.05, 0.1) is 6.04 Å². The number of halogens is 1. The highest BCUT2D eigenvalue weighted by atomic mass is 35.5. The third-order valence-electron chi connectivity index (χ3n) is 4.27. The van der Waals surface area contributed by atoms with E-state index in [0.29, 0.717) is 24.7 Å². The quantitative estimate of drug-likeness (QED) is 0.827. The number of sulfonamides is 1. The fraction of sp³-hybridized carbons (Fsp3) is 0.312. The van der Waals surface area contributed by atoms with Gasteiger partial charge in [0.25, 0.3) is 5.91 Å². The number of carbonyl (C=O) groups is 1. The predicted octanol–water partition coefficient (Wildman–Crippen LogP) is 1.11. The average Bonchev–Trinajstić information content (AvgIpc) is 2.98. The van der Waals surface area contributed by atoms with E-state index in [-0.39, 0.29) is 16.6 Å². The first-order valence-corrected chi connectivity index (χ1v) is 9.56. The summed E-state index contributed by atoms with van der Waals surface area (Å²) in [7, 11) is -2.20. The lowest BCUT2D eigenvalue weighted by Gasteiger charge is -2.35. The van der Waals surface area contributed by atoms with E-state index in [0.717, 1.165) is 5.56 Å². The first-order valence-electron chi connectivity index (χ1n) is 7.75. The van der Waals surface area contributed by atoms with E-state index >= 15 is 0 Å². The molecule has 1 aromatic carbocycles. The Morgan fingerprint density at radius 2 is 2.12 bits per heavy atom. The number of aryl methyl sites for hydroxylation is 1. The molecule has 2 heterocycles. The number of benzene rings is 1. The first-order chi connectivity index (χ1) is 11.8. The van der Waals surface area contributed by atoms with Crippen molar-refractivity contribution in [3.05, 3.63) is 52.8 Å². The molecule has 2 aromatic rings. The van der Waals surface area contributed by atoms with Crippen LogP contribution in [0.1, 0.15) is 22.1 Å². The lowest BCUT2D eigenvalue weighted by atomic mass is 10.1. The monoisotopic (exact) mass is 382 g/mol. The molecule has 1 aliphatic heterocycles. The second-order valence-corrected chi connectivity index (χ2v) is 8.25. The number of nitrogens with one attached hydrogen (secondary N) is 1. The van der Waals surface area contributed by atoms with Crippen molar-refractivity contribution >= 4 is 27.5 Å². The summed E-state index contributed by atoms with van der Waals surface area (Å²) < 4.78 is 29.1. The van der Waals surface area contributed by atoms with Gasteiger partial charge in [-0.25, -0.2) is 8.42 Å². The second-order valence-electron chi connectivity index (χ2n) is 5.93. The number of rotatable bonds is 4. The highest BCUT2D eigenvalue weighted by molar-refractivity contribution is 7.89. The van der Waals surface area contributed by atoms with Crippen LogP contribution < -0.4 is 11.1 Å². The molecule has 3 rings (SSSR count). The van der Waals surface area contributed by atoms with Crippen LogP contribution in [-0.4, -0.2) is 42.8 Å². The number of carbonyl (C=O) groups excluding carboxylic acids is 1. The largest absolute Gasteiger partial charge is 0.364 e. The maximum absolute atomic E-state index is 13.1. The van der Waals surface area contributed by atoms with E-state index in [9.17, 15) is 13.2 Å². The maximum atomic E-state index is 13.1. The van der Waals surface area contributed by atoms with E-state index in [1.54, 1.807) is 25.2 Å². The van der Waals surface area contributed by atoms with Crippen LogP contribution in [0.3, 0.4) is 0 Å². The Morgan fingerprint density at radius 1 is 1.36 bits per heavy atom. The molecule has 1 unspecified atom stereocenters. The van der Waals surface area contributed by atoms with Gasteiger partial charge in [0, 0.05) is 37.9 Å². The smallest absolute Gasteiger partial charge is 0.265 e. The van der Waals surface area contributed by atoms with Crippen molar-refractivity contribution in [3.63, 3.8) is 0 Å². The summed E-state index contributed by atoms with van der Waals surface area (Å²) in [5.41, 5.74) is 6.25. The van der Waals surface area contributed by atoms with E-state index in [4.69, 9.17) is 17.3 Å². The second kappa shape index (κ2) is 6.80. The lowest BCUT2D eigenvalue weighted by molar-refractivity contribution is 0.0992. The van der Waals surface area contributed by atoms with Crippen molar-refractivity contribution in [1.82, 2.24) is 14.2 Å². The Bertz CT molecular complexity index is 910. The molecule has 25 heavy (non-hydrogen) atoms. The number of aromatic nitrogens is 1. The zero-order chi connectivity index (χ0) is 18.2. The molecular formula is C16H19ClN4O3S.